The smallest absolute Gasteiger partial charge is 0.393 e. The molecule has 2 fully saturated rings. The van der Waals surface area contributed by atoms with Crippen molar-refractivity contribution in [1.82, 2.24) is 9.97 Å². The van der Waals surface area contributed by atoms with Gasteiger partial charge in [-0.3, -0.25) is 4.79 Å². The molecule has 3 N–H and O–H groups in total. The molecular formula is C21H26F3N3O2S. The van der Waals surface area contributed by atoms with Gasteiger partial charge >= 0.3 is 6.18 Å². The average Bonchev–Trinajstić information content (AvgIpc) is 3.19. The molecule has 2 aliphatic carbocycles. The number of aliphatic hydroxyl groups is 1. The van der Waals surface area contributed by atoms with Gasteiger partial charge in [0.15, 0.2) is 0 Å². The SMILES string of the molecule is O=c1[nH]c(CS[C@H]2CC[C@H](O)CC2)nc2cc(NC3CCCC3)cc(C(F)(F)F)c12. The van der Waals surface area contributed by atoms with Crippen LogP contribution in [-0.2, 0) is 11.9 Å². The van der Waals surface area contributed by atoms with Gasteiger partial charge in [-0.25, -0.2) is 4.98 Å². The van der Waals surface area contributed by atoms with E-state index in [4.69, 9.17) is 0 Å². The predicted molar refractivity (Wildman–Crippen MR) is 113 cm³/mol. The van der Waals surface area contributed by atoms with Crippen LogP contribution in [0, 0.1) is 0 Å². The molecule has 164 valence electrons. The van der Waals surface area contributed by atoms with Crippen molar-refractivity contribution in [2.45, 2.75) is 80.7 Å². The Balaban J connectivity index is 1.63. The van der Waals surface area contributed by atoms with E-state index in [0.717, 1.165) is 57.4 Å². The van der Waals surface area contributed by atoms with Gasteiger partial charge in [0.2, 0.25) is 0 Å². The second-order valence-electron chi connectivity index (χ2n) is 8.30. The van der Waals surface area contributed by atoms with E-state index < -0.39 is 22.7 Å². The predicted octanol–water partition coefficient (Wildman–Crippen LogP) is 4.83. The molecule has 2 aliphatic rings. The normalized spacial score (nSPS) is 23.2. The second kappa shape index (κ2) is 8.78. The molecule has 30 heavy (non-hydrogen) atoms. The number of aromatic nitrogens is 2. The number of alkyl halides is 3. The minimum Gasteiger partial charge on any atom is -0.393 e. The number of nitrogens with zero attached hydrogens (tertiary/aromatic N) is 1. The highest BCUT2D eigenvalue weighted by Gasteiger charge is 2.35. The lowest BCUT2D eigenvalue weighted by Gasteiger charge is -2.24. The molecule has 0 saturated heterocycles. The van der Waals surface area contributed by atoms with Crippen molar-refractivity contribution in [3.63, 3.8) is 0 Å². The molecule has 0 unspecified atom stereocenters. The first kappa shape index (κ1) is 21.5. The Hall–Kier alpha value is -1.74. The third-order valence-electron chi connectivity index (χ3n) is 5.99. The van der Waals surface area contributed by atoms with Crippen molar-refractivity contribution in [3.05, 3.63) is 33.9 Å². The zero-order valence-corrected chi connectivity index (χ0v) is 17.4. The van der Waals surface area contributed by atoms with Gasteiger partial charge in [0.1, 0.15) is 5.82 Å². The first-order valence-electron chi connectivity index (χ1n) is 10.5. The summed E-state index contributed by atoms with van der Waals surface area (Å²) in [6.45, 7) is 0. The number of rotatable bonds is 5. The van der Waals surface area contributed by atoms with Crippen LogP contribution in [0.15, 0.2) is 16.9 Å². The molecule has 0 aliphatic heterocycles. The molecule has 4 rings (SSSR count). The Morgan fingerprint density at radius 3 is 2.50 bits per heavy atom. The molecule has 2 saturated carbocycles. The summed E-state index contributed by atoms with van der Waals surface area (Å²) in [6, 6.07) is 2.74. The zero-order chi connectivity index (χ0) is 21.3. The van der Waals surface area contributed by atoms with E-state index >= 15 is 0 Å². The van der Waals surface area contributed by atoms with Crippen LogP contribution in [-0.4, -0.2) is 32.5 Å². The van der Waals surface area contributed by atoms with Crippen LogP contribution in [0.5, 0.6) is 0 Å². The number of hydrogen-bond acceptors (Lipinski definition) is 5. The quantitative estimate of drug-likeness (QED) is 0.619. The van der Waals surface area contributed by atoms with Gasteiger partial charge in [0, 0.05) is 17.0 Å². The third kappa shape index (κ3) is 4.94. The van der Waals surface area contributed by atoms with Crippen LogP contribution in [0.3, 0.4) is 0 Å². The molecule has 0 atom stereocenters. The van der Waals surface area contributed by atoms with E-state index in [-0.39, 0.29) is 17.7 Å². The van der Waals surface area contributed by atoms with Crippen molar-refractivity contribution >= 4 is 28.4 Å². The van der Waals surface area contributed by atoms with Crippen LogP contribution in [0.1, 0.15) is 62.8 Å². The van der Waals surface area contributed by atoms with Crippen molar-refractivity contribution in [3.8, 4) is 0 Å². The van der Waals surface area contributed by atoms with Gasteiger partial charge in [0.25, 0.3) is 5.56 Å². The van der Waals surface area contributed by atoms with Gasteiger partial charge < -0.3 is 15.4 Å². The Morgan fingerprint density at radius 2 is 1.83 bits per heavy atom. The molecule has 9 heteroatoms. The fourth-order valence-electron chi connectivity index (χ4n) is 4.41. The number of thioether (sulfide) groups is 1. The Kier molecular flexibility index (Phi) is 6.29. The van der Waals surface area contributed by atoms with Crippen LogP contribution in [0.2, 0.25) is 0 Å². The standard InChI is InChI=1S/C21H26F3N3O2S/c22-21(23,24)16-9-13(25-12-3-1-2-4-12)10-17-19(16)20(29)27-18(26-17)11-30-15-7-5-14(28)6-8-15/h9-10,12,14-15,25,28H,1-8,11H2,(H,26,27,29)/t14-,15-. The maximum atomic E-state index is 13.7. The fraction of sp³-hybridized carbons (Fsp3) is 0.619. The van der Waals surface area contributed by atoms with Crippen molar-refractivity contribution in [2.24, 2.45) is 0 Å². The minimum atomic E-state index is -4.64. The summed E-state index contributed by atoms with van der Waals surface area (Å²) in [6.07, 6.45) is 2.39. The molecule has 1 aromatic heterocycles. The fourth-order valence-corrected chi connectivity index (χ4v) is 5.55. The van der Waals surface area contributed by atoms with E-state index in [2.05, 4.69) is 15.3 Å². The minimum absolute atomic E-state index is 0.0729. The number of anilines is 1. The van der Waals surface area contributed by atoms with Gasteiger partial charge in [-0.15, -0.1) is 0 Å². The van der Waals surface area contributed by atoms with E-state index in [1.807, 2.05) is 0 Å². The Bertz CT molecular complexity index is 949. The number of aliphatic hydroxyl groups excluding tert-OH is 1. The molecule has 0 spiro atoms. The molecule has 0 radical (unpaired) electrons. The number of halogens is 3. The summed E-state index contributed by atoms with van der Waals surface area (Å²) in [4.78, 5) is 19.5. The summed E-state index contributed by atoms with van der Waals surface area (Å²) >= 11 is 1.63. The van der Waals surface area contributed by atoms with E-state index in [1.54, 1.807) is 17.8 Å². The van der Waals surface area contributed by atoms with E-state index in [1.165, 1.54) is 0 Å². The molecule has 0 amide bonds. The Morgan fingerprint density at radius 1 is 1.13 bits per heavy atom. The number of H-pyrrole nitrogens is 1. The lowest BCUT2D eigenvalue weighted by molar-refractivity contribution is -0.136. The highest BCUT2D eigenvalue weighted by Crippen LogP contribution is 2.36. The summed E-state index contributed by atoms with van der Waals surface area (Å²) in [7, 11) is 0. The maximum Gasteiger partial charge on any atom is 0.417 e. The van der Waals surface area contributed by atoms with Crippen LogP contribution < -0.4 is 10.9 Å². The molecule has 2 aromatic rings. The van der Waals surface area contributed by atoms with Crippen LogP contribution in [0.25, 0.3) is 10.9 Å². The van der Waals surface area contributed by atoms with Crippen molar-refractivity contribution in [1.29, 1.82) is 0 Å². The number of nitrogens with one attached hydrogen (secondary N) is 2. The second-order valence-corrected chi connectivity index (χ2v) is 9.58. The average molecular weight is 442 g/mol. The van der Waals surface area contributed by atoms with Crippen LogP contribution in [0.4, 0.5) is 18.9 Å². The Labute approximate surface area is 176 Å². The van der Waals surface area contributed by atoms with E-state index in [9.17, 15) is 23.1 Å². The van der Waals surface area contributed by atoms with Gasteiger partial charge in [-0.2, -0.15) is 24.9 Å². The summed E-state index contributed by atoms with van der Waals surface area (Å²) in [5.41, 5.74) is -1.27. The summed E-state index contributed by atoms with van der Waals surface area (Å²) in [5.74, 6) is 0.808. The van der Waals surface area contributed by atoms with Gasteiger partial charge in [-0.05, 0) is 50.7 Å². The maximum absolute atomic E-state index is 13.7. The number of aromatic amines is 1. The van der Waals surface area contributed by atoms with Gasteiger partial charge in [-0.1, -0.05) is 12.8 Å². The molecular weight excluding hydrogens is 415 g/mol. The van der Waals surface area contributed by atoms with Crippen molar-refractivity contribution < 1.29 is 18.3 Å². The summed E-state index contributed by atoms with van der Waals surface area (Å²) < 4.78 is 41.0. The highest BCUT2D eigenvalue weighted by molar-refractivity contribution is 7.99. The topological polar surface area (TPSA) is 78.0 Å². The van der Waals surface area contributed by atoms with Crippen LogP contribution >= 0.6 is 11.8 Å². The first-order chi connectivity index (χ1) is 14.3. The first-order valence-corrected chi connectivity index (χ1v) is 11.5. The lowest BCUT2D eigenvalue weighted by Crippen LogP contribution is -2.21. The molecule has 0 bridgehead atoms. The highest BCUT2D eigenvalue weighted by atomic mass is 32.2. The molecule has 1 aromatic carbocycles. The largest absolute Gasteiger partial charge is 0.417 e. The van der Waals surface area contributed by atoms with Crippen molar-refractivity contribution in [2.75, 3.05) is 5.32 Å². The lowest BCUT2D eigenvalue weighted by atomic mass is 9.97. The number of hydrogen-bond donors (Lipinski definition) is 3. The summed E-state index contributed by atoms with van der Waals surface area (Å²) in [5, 5.41) is 12.8. The molecule has 1 heterocycles. The number of benzene rings is 1. The monoisotopic (exact) mass is 441 g/mol. The number of fused-ring (bicyclic) bond motifs is 1. The molecule has 5 nitrogen and oxygen atoms in total. The third-order valence-corrected chi connectivity index (χ3v) is 7.37. The van der Waals surface area contributed by atoms with E-state index in [0.29, 0.717) is 22.5 Å². The zero-order valence-electron chi connectivity index (χ0n) is 16.6. The van der Waals surface area contributed by atoms with Gasteiger partial charge in [0.05, 0.1) is 28.3 Å².